The smallest absolute Gasteiger partial charge is 0.308 e. The normalized spacial score (nSPS) is 14.1. The van der Waals surface area contributed by atoms with E-state index in [2.05, 4.69) is 5.32 Å². The first-order chi connectivity index (χ1) is 6.99. The predicted molar refractivity (Wildman–Crippen MR) is 55.2 cm³/mol. The van der Waals surface area contributed by atoms with Gasteiger partial charge in [0.25, 0.3) is 0 Å². The fourth-order valence-electron chi connectivity index (χ4n) is 0.936. The first-order valence-electron chi connectivity index (χ1n) is 5.07. The van der Waals surface area contributed by atoms with Crippen molar-refractivity contribution in [2.24, 2.45) is 0 Å². The lowest BCUT2D eigenvalue weighted by atomic mass is 10.2. The van der Waals surface area contributed by atoms with Crippen LogP contribution in [0, 0.1) is 0 Å². The summed E-state index contributed by atoms with van der Waals surface area (Å²) in [4.78, 5) is 22.0. The molecule has 5 nitrogen and oxygen atoms in total. The molecule has 0 spiro atoms. The Hall–Kier alpha value is -1.10. The summed E-state index contributed by atoms with van der Waals surface area (Å²) in [7, 11) is 1.48. The first kappa shape index (κ1) is 13.9. The molecule has 0 aromatic rings. The van der Waals surface area contributed by atoms with Gasteiger partial charge in [-0.15, -0.1) is 0 Å². The minimum atomic E-state index is -0.971. The van der Waals surface area contributed by atoms with E-state index in [4.69, 9.17) is 4.74 Å². The first-order valence-corrected chi connectivity index (χ1v) is 5.07. The Kier molecular flexibility index (Phi) is 6.70. The standard InChI is InChI=1S/C10H19NO4/c1-4-7(2)15-10(14)6-8(12)5-9(13)11-3/h7-8,12H,4-6H2,1-3H3,(H,11,13). The molecule has 0 heterocycles. The summed E-state index contributed by atoms with van der Waals surface area (Å²) < 4.78 is 4.95. The minimum absolute atomic E-state index is 0.0773. The Bertz CT molecular complexity index is 217. The number of hydrogen-bond donors (Lipinski definition) is 2. The summed E-state index contributed by atoms with van der Waals surface area (Å²) in [6.07, 6.45) is -0.604. The van der Waals surface area contributed by atoms with Crippen molar-refractivity contribution in [1.29, 1.82) is 0 Å². The van der Waals surface area contributed by atoms with Crippen LogP contribution in [0.4, 0.5) is 0 Å². The Morgan fingerprint density at radius 2 is 2.00 bits per heavy atom. The van der Waals surface area contributed by atoms with Gasteiger partial charge in [-0.1, -0.05) is 6.92 Å². The average Bonchev–Trinajstić information content (AvgIpc) is 2.16. The van der Waals surface area contributed by atoms with E-state index in [0.29, 0.717) is 0 Å². The number of carbonyl (C=O) groups excluding carboxylic acids is 2. The van der Waals surface area contributed by atoms with Crippen LogP contribution in [0.15, 0.2) is 0 Å². The molecule has 2 atom stereocenters. The van der Waals surface area contributed by atoms with E-state index in [0.717, 1.165) is 6.42 Å². The van der Waals surface area contributed by atoms with Gasteiger partial charge in [0.15, 0.2) is 0 Å². The highest BCUT2D eigenvalue weighted by Crippen LogP contribution is 2.03. The number of carbonyl (C=O) groups is 2. The molecule has 88 valence electrons. The Labute approximate surface area is 89.8 Å². The topological polar surface area (TPSA) is 75.6 Å². The number of amides is 1. The second-order valence-corrected chi connectivity index (χ2v) is 3.44. The van der Waals surface area contributed by atoms with E-state index in [1.54, 1.807) is 6.92 Å². The molecule has 0 saturated carbocycles. The number of aliphatic hydroxyl groups is 1. The van der Waals surface area contributed by atoms with Gasteiger partial charge < -0.3 is 15.2 Å². The zero-order chi connectivity index (χ0) is 11.8. The molecule has 5 heteroatoms. The zero-order valence-corrected chi connectivity index (χ0v) is 9.45. The van der Waals surface area contributed by atoms with Gasteiger partial charge in [-0.25, -0.2) is 0 Å². The van der Waals surface area contributed by atoms with Crippen LogP contribution in [0.25, 0.3) is 0 Å². The van der Waals surface area contributed by atoms with Gasteiger partial charge in [-0.2, -0.15) is 0 Å². The van der Waals surface area contributed by atoms with Gasteiger partial charge in [0.2, 0.25) is 5.91 Å². The predicted octanol–water partition coefficient (Wildman–Crippen LogP) is 0.215. The molecule has 0 radical (unpaired) electrons. The molecule has 1 amide bonds. The van der Waals surface area contributed by atoms with Crippen molar-refractivity contribution in [3.8, 4) is 0 Å². The van der Waals surface area contributed by atoms with Crippen molar-refractivity contribution >= 4 is 11.9 Å². The highest BCUT2D eigenvalue weighted by Gasteiger charge is 2.16. The Balaban J connectivity index is 3.81. The van der Waals surface area contributed by atoms with Crippen LogP contribution in [0.1, 0.15) is 33.1 Å². The SMILES string of the molecule is CCC(C)OC(=O)CC(O)CC(=O)NC. The summed E-state index contributed by atoms with van der Waals surface area (Å²) in [6.45, 7) is 3.68. The van der Waals surface area contributed by atoms with Crippen LogP contribution >= 0.6 is 0 Å². The number of esters is 1. The number of ether oxygens (including phenoxy) is 1. The number of nitrogens with one attached hydrogen (secondary N) is 1. The van der Waals surface area contributed by atoms with Gasteiger partial charge in [-0.3, -0.25) is 9.59 Å². The quantitative estimate of drug-likeness (QED) is 0.624. The van der Waals surface area contributed by atoms with Crippen LogP contribution in [0.2, 0.25) is 0 Å². The maximum atomic E-state index is 11.2. The fraction of sp³-hybridized carbons (Fsp3) is 0.800. The molecule has 2 unspecified atom stereocenters. The molecular weight excluding hydrogens is 198 g/mol. The second-order valence-electron chi connectivity index (χ2n) is 3.44. The third-order valence-electron chi connectivity index (χ3n) is 2.01. The van der Waals surface area contributed by atoms with Crippen molar-refractivity contribution < 1.29 is 19.4 Å². The molecule has 0 aromatic carbocycles. The molecule has 0 saturated heterocycles. The minimum Gasteiger partial charge on any atom is -0.463 e. The van der Waals surface area contributed by atoms with Crippen molar-refractivity contribution in [3.63, 3.8) is 0 Å². The second kappa shape index (κ2) is 7.23. The molecule has 0 aliphatic rings. The summed E-state index contributed by atoms with van der Waals surface area (Å²) in [5, 5.41) is 11.7. The van der Waals surface area contributed by atoms with Crippen LogP contribution in [-0.4, -0.2) is 36.2 Å². The monoisotopic (exact) mass is 217 g/mol. The van der Waals surface area contributed by atoms with E-state index < -0.39 is 12.1 Å². The van der Waals surface area contributed by atoms with Gasteiger partial charge in [-0.05, 0) is 13.3 Å². The maximum Gasteiger partial charge on any atom is 0.308 e. The van der Waals surface area contributed by atoms with Gasteiger partial charge in [0, 0.05) is 7.05 Å². The van der Waals surface area contributed by atoms with Crippen molar-refractivity contribution in [2.75, 3.05) is 7.05 Å². The zero-order valence-electron chi connectivity index (χ0n) is 9.45. The van der Waals surface area contributed by atoms with Crippen LogP contribution in [0.5, 0.6) is 0 Å². The number of aliphatic hydroxyl groups excluding tert-OH is 1. The van der Waals surface area contributed by atoms with E-state index in [-0.39, 0.29) is 24.9 Å². The van der Waals surface area contributed by atoms with Crippen molar-refractivity contribution in [3.05, 3.63) is 0 Å². The summed E-state index contributed by atoms with van der Waals surface area (Å²) in [6, 6.07) is 0. The molecule has 0 fully saturated rings. The maximum absolute atomic E-state index is 11.2. The molecule has 0 aliphatic carbocycles. The van der Waals surface area contributed by atoms with E-state index in [1.807, 2.05) is 6.92 Å². The average molecular weight is 217 g/mol. The van der Waals surface area contributed by atoms with E-state index in [9.17, 15) is 14.7 Å². The van der Waals surface area contributed by atoms with Crippen molar-refractivity contribution in [2.45, 2.75) is 45.3 Å². The van der Waals surface area contributed by atoms with Gasteiger partial charge in [0.05, 0.1) is 25.0 Å². The molecule has 0 bridgehead atoms. The Morgan fingerprint density at radius 3 is 2.47 bits per heavy atom. The highest BCUT2D eigenvalue weighted by atomic mass is 16.5. The highest BCUT2D eigenvalue weighted by molar-refractivity contribution is 5.77. The van der Waals surface area contributed by atoms with Gasteiger partial charge >= 0.3 is 5.97 Å². The number of rotatable bonds is 6. The molecule has 15 heavy (non-hydrogen) atoms. The third-order valence-corrected chi connectivity index (χ3v) is 2.01. The van der Waals surface area contributed by atoms with Crippen LogP contribution in [0.3, 0.4) is 0 Å². The molecule has 0 rings (SSSR count). The lowest BCUT2D eigenvalue weighted by Gasteiger charge is -2.13. The lowest BCUT2D eigenvalue weighted by Crippen LogP contribution is -2.26. The molecule has 0 aliphatic heterocycles. The third kappa shape index (κ3) is 6.90. The summed E-state index contributed by atoms with van der Waals surface area (Å²) >= 11 is 0. The fourth-order valence-corrected chi connectivity index (χ4v) is 0.936. The largest absolute Gasteiger partial charge is 0.463 e. The molecule has 0 aromatic heterocycles. The van der Waals surface area contributed by atoms with Gasteiger partial charge in [0.1, 0.15) is 0 Å². The number of hydrogen-bond acceptors (Lipinski definition) is 4. The van der Waals surface area contributed by atoms with Crippen LogP contribution in [-0.2, 0) is 14.3 Å². The van der Waals surface area contributed by atoms with Crippen LogP contribution < -0.4 is 5.32 Å². The summed E-state index contributed by atoms with van der Waals surface area (Å²) in [5.41, 5.74) is 0. The lowest BCUT2D eigenvalue weighted by molar-refractivity contribution is -0.150. The Morgan fingerprint density at radius 1 is 1.40 bits per heavy atom. The summed E-state index contributed by atoms with van der Waals surface area (Å²) in [5.74, 6) is -0.764. The van der Waals surface area contributed by atoms with E-state index >= 15 is 0 Å². The molecule has 2 N–H and O–H groups in total. The van der Waals surface area contributed by atoms with Crippen molar-refractivity contribution in [1.82, 2.24) is 5.32 Å². The molecular formula is C10H19NO4. The van der Waals surface area contributed by atoms with E-state index in [1.165, 1.54) is 7.05 Å².